The maximum atomic E-state index is 10.7. The van der Waals surface area contributed by atoms with E-state index in [9.17, 15) is 14.9 Å². The van der Waals surface area contributed by atoms with Crippen LogP contribution in [-0.2, 0) is 11.3 Å². The van der Waals surface area contributed by atoms with Crippen LogP contribution in [0.15, 0.2) is 42.5 Å². The SMILES string of the molecule is NC(=O)COc1ccc(CNc2cccc([N+](=O)[O-])c2)cc1Cl. The monoisotopic (exact) mass is 335 g/mol. The number of carbonyl (C=O) groups excluding carboxylic acids is 1. The summed E-state index contributed by atoms with van der Waals surface area (Å²) in [5.41, 5.74) is 6.50. The summed E-state index contributed by atoms with van der Waals surface area (Å²) < 4.78 is 5.16. The number of benzene rings is 2. The van der Waals surface area contributed by atoms with Gasteiger partial charge in [0.05, 0.1) is 9.95 Å². The number of non-ortho nitro benzene ring substituents is 1. The molecule has 0 aliphatic heterocycles. The molecular formula is C15H14ClN3O4. The molecule has 0 bridgehead atoms. The van der Waals surface area contributed by atoms with E-state index in [4.69, 9.17) is 22.1 Å². The van der Waals surface area contributed by atoms with Crippen LogP contribution in [0.2, 0.25) is 5.02 Å². The highest BCUT2D eigenvalue weighted by atomic mass is 35.5. The first kappa shape index (κ1) is 16.6. The average Bonchev–Trinajstić information content (AvgIpc) is 2.52. The number of nitrogens with two attached hydrogens (primary N) is 1. The zero-order valence-electron chi connectivity index (χ0n) is 12.0. The van der Waals surface area contributed by atoms with Crippen LogP contribution >= 0.6 is 11.6 Å². The Bertz CT molecular complexity index is 736. The van der Waals surface area contributed by atoms with Crippen molar-refractivity contribution in [3.05, 3.63) is 63.2 Å². The smallest absolute Gasteiger partial charge is 0.271 e. The molecule has 0 saturated carbocycles. The minimum absolute atomic E-state index is 0.0169. The van der Waals surface area contributed by atoms with Crippen LogP contribution in [0, 0.1) is 10.1 Å². The van der Waals surface area contributed by atoms with Gasteiger partial charge in [0.25, 0.3) is 11.6 Å². The fourth-order valence-corrected chi connectivity index (χ4v) is 2.11. The Balaban J connectivity index is 2.01. The van der Waals surface area contributed by atoms with E-state index in [0.29, 0.717) is 23.0 Å². The normalized spacial score (nSPS) is 10.1. The minimum Gasteiger partial charge on any atom is -0.482 e. The summed E-state index contributed by atoms with van der Waals surface area (Å²) in [6.45, 7) is 0.183. The van der Waals surface area contributed by atoms with Gasteiger partial charge in [-0.15, -0.1) is 0 Å². The van der Waals surface area contributed by atoms with Crippen molar-refractivity contribution in [3.63, 3.8) is 0 Å². The molecule has 120 valence electrons. The molecule has 0 aliphatic rings. The number of hydrogen-bond acceptors (Lipinski definition) is 5. The third-order valence-corrected chi connectivity index (χ3v) is 3.22. The number of rotatable bonds is 7. The van der Waals surface area contributed by atoms with E-state index in [0.717, 1.165) is 5.56 Å². The fourth-order valence-electron chi connectivity index (χ4n) is 1.85. The van der Waals surface area contributed by atoms with Gasteiger partial charge in [0.2, 0.25) is 0 Å². The lowest BCUT2D eigenvalue weighted by atomic mass is 10.2. The highest BCUT2D eigenvalue weighted by molar-refractivity contribution is 6.32. The zero-order valence-corrected chi connectivity index (χ0v) is 12.7. The largest absolute Gasteiger partial charge is 0.482 e. The minimum atomic E-state index is -0.586. The van der Waals surface area contributed by atoms with Crippen molar-refractivity contribution in [2.24, 2.45) is 5.73 Å². The Labute approximate surface area is 137 Å². The Morgan fingerprint density at radius 2 is 2.09 bits per heavy atom. The van der Waals surface area contributed by atoms with Crippen molar-refractivity contribution < 1.29 is 14.5 Å². The first-order valence-corrected chi connectivity index (χ1v) is 7.01. The number of carbonyl (C=O) groups is 1. The number of halogens is 1. The van der Waals surface area contributed by atoms with Gasteiger partial charge in [0, 0.05) is 24.4 Å². The number of nitro groups is 1. The summed E-state index contributed by atoms with van der Waals surface area (Å²) in [4.78, 5) is 21.0. The van der Waals surface area contributed by atoms with Gasteiger partial charge in [-0.1, -0.05) is 23.7 Å². The van der Waals surface area contributed by atoms with Crippen molar-refractivity contribution >= 4 is 28.9 Å². The Kier molecular flexibility index (Phi) is 5.37. The number of amides is 1. The van der Waals surface area contributed by atoms with Crippen molar-refractivity contribution in [1.29, 1.82) is 0 Å². The lowest BCUT2D eigenvalue weighted by Crippen LogP contribution is -2.20. The molecule has 3 N–H and O–H groups in total. The van der Waals surface area contributed by atoms with E-state index in [1.54, 1.807) is 30.3 Å². The number of nitro benzene ring substituents is 1. The van der Waals surface area contributed by atoms with Crippen LogP contribution in [-0.4, -0.2) is 17.4 Å². The molecule has 0 unspecified atom stereocenters. The Morgan fingerprint density at radius 3 is 2.74 bits per heavy atom. The summed E-state index contributed by atoms with van der Waals surface area (Å²) in [7, 11) is 0. The number of ether oxygens (including phenoxy) is 1. The van der Waals surface area contributed by atoms with Gasteiger partial charge in [-0.3, -0.25) is 14.9 Å². The molecular weight excluding hydrogens is 322 g/mol. The molecule has 0 spiro atoms. The molecule has 0 fully saturated rings. The van der Waals surface area contributed by atoms with Gasteiger partial charge < -0.3 is 15.8 Å². The summed E-state index contributed by atoms with van der Waals surface area (Å²) >= 11 is 6.07. The van der Waals surface area contributed by atoms with E-state index in [1.165, 1.54) is 12.1 Å². The first-order chi connectivity index (χ1) is 11.0. The first-order valence-electron chi connectivity index (χ1n) is 6.63. The molecule has 8 heteroatoms. The van der Waals surface area contributed by atoms with Gasteiger partial charge in [0.15, 0.2) is 6.61 Å². The standard InChI is InChI=1S/C15H14ClN3O4/c16-13-6-10(4-5-14(13)23-9-15(17)20)8-18-11-2-1-3-12(7-11)19(21)22/h1-7,18H,8-9H2,(H2,17,20). The molecule has 2 aromatic carbocycles. The summed E-state index contributed by atoms with van der Waals surface area (Å²) in [6.07, 6.45) is 0. The fraction of sp³-hybridized carbons (Fsp3) is 0.133. The van der Waals surface area contributed by atoms with E-state index in [1.807, 2.05) is 0 Å². The summed E-state index contributed by atoms with van der Waals surface area (Å²) in [5, 5.41) is 14.2. The second-order valence-electron chi connectivity index (χ2n) is 4.68. The molecule has 0 aliphatic carbocycles. The third-order valence-electron chi connectivity index (χ3n) is 2.92. The molecule has 0 atom stereocenters. The van der Waals surface area contributed by atoms with E-state index < -0.39 is 10.8 Å². The molecule has 23 heavy (non-hydrogen) atoms. The van der Waals surface area contributed by atoms with Gasteiger partial charge in [-0.25, -0.2) is 0 Å². The van der Waals surface area contributed by atoms with Gasteiger partial charge in [-0.2, -0.15) is 0 Å². The Morgan fingerprint density at radius 1 is 1.30 bits per heavy atom. The number of primary amides is 1. The van der Waals surface area contributed by atoms with Crippen LogP contribution in [0.1, 0.15) is 5.56 Å². The van der Waals surface area contributed by atoms with E-state index >= 15 is 0 Å². The molecule has 0 heterocycles. The molecule has 0 saturated heterocycles. The molecule has 0 aromatic heterocycles. The quantitative estimate of drug-likeness (QED) is 0.597. The molecule has 7 nitrogen and oxygen atoms in total. The second kappa shape index (κ2) is 7.46. The van der Waals surface area contributed by atoms with Crippen LogP contribution in [0.3, 0.4) is 0 Å². The van der Waals surface area contributed by atoms with Crippen LogP contribution in [0.5, 0.6) is 5.75 Å². The van der Waals surface area contributed by atoms with Crippen molar-refractivity contribution in [3.8, 4) is 5.75 Å². The van der Waals surface area contributed by atoms with Crippen molar-refractivity contribution in [2.45, 2.75) is 6.54 Å². The highest BCUT2D eigenvalue weighted by Crippen LogP contribution is 2.26. The summed E-state index contributed by atoms with van der Waals surface area (Å²) in [6, 6.07) is 11.3. The Hall–Kier alpha value is -2.80. The molecule has 1 amide bonds. The van der Waals surface area contributed by atoms with Gasteiger partial charge in [-0.05, 0) is 23.8 Å². The third kappa shape index (κ3) is 4.86. The maximum Gasteiger partial charge on any atom is 0.271 e. The number of nitrogens with one attached hydrogen (secondary N) is 1. The molecule has 2 rings (SSSR count). The zero-order chi connectivity index (χ0) is 16.8. The van der Waals surface area contributed by atoms with E-state index in [-0.39, 0.29) is 12.3 Å². The lowest BCUT2D eigenvalue weighted by Gasteiger charge is -2.10. The van der Waals surface area contributed by atoms with Gasteiger partial charge in [0.1, 0.15) is 5.75 Å². The maximum absolute atomic E-state index is 10.7. The average molecular weight is 336 g/mol. The predicted molar refractivity (Wildman–Crippen MR) is 86.6 cm³/mol. The van der Waals surface area contributed by atoms with Crippen LogP contribution < -0.4 is 15.8 Å². The summed E-state index contributed by atoms with van der Waals surface area (Å²) in [5.74, 6) is -0.220. The second-order valence-corrected chi connectivity index (χ2v) is 5.09. The number of hydrogen-bond donors (Lipinski definition) is 2. The van der Waals surface area contributed by atoms with Crippen molar-refractivity contribution in [1.82, 2.24) is 0 Å². The number of anilines is 1. The topological polar surface area (TPSA) is 107 Å². The predicted octanol–water partition coefficient (Wildman–Crippen LogP) is 2.72. The highest BCUT2D eigenvalue weighted by Gasteiger charge is 2.07. The van der Waals surface area contributed by atoms with Gasteiger partial charge >= 0.3 is 0 Å². The van der Waals surface area contributed by atoms with Crippen LogP contribution in [0.4, 0.5) is 11.4 Å². The lowest BCUT2D eigenvalue weighted by molar-refractivity contribution is -0.384. The van der Waals surface area contributed by atoms with Crippen LogP contribution in [0.25, 0.3) is 0 Å². The molecule has 2 aromatic rings. The van der Waals surface area contributed by atoms with E-state index in [2.05, 4.69) is 5.32 Å². The molecule has 0 radical (unpaired) electrons. The number of nitrogens with zero attached hydrogens (tertiary/aromatic N) is 1. The van der Waals surface area contributed by atoms with Crippen molar-refractivity contribution in [2.75, 3.05) is 11.9 Å².